The molecule has 1 aromatic rings. The van der Waals surface area contributed by atoms with Crippen molar-refractivity contribution in [1.82, 2.24) is 0 Å². The van der Waals surface area contributed by atoms with Crippen molar-refractivity contribution in [2.75, 3.05) is 19.1 Å². The second-order valence-electron chi connectivity index (χ2n) is 3.85. The molecule has 1 atom stereocenters. The summed E-state index contributed by atoms with van der Waals surface area (Å²) in [6.45, 7) is 0. The summed E-state index contributed by atoms with van der Waals surface area (Å²) in [4.78, 5) is 0. The molecule has 0 radical (unpaired) electrons. The fourth-order valence-electron chi connectivity index (χ4n) is 1.66. The Labute approximate surface area is 94.1 Å². The van der Waals surface area contributed by atoms with Crippen molar-refractivity contribution in [1.29, 1.82) is 0 Å². The zero-order valence-corrected chi connectivity index (χ0v) is 9.87. The normalized spacial score (nSPS) is 14.9. The van der Waals surface area contributed by atoms with Crippen LogP contribution in [0.4, 0.5) is 0 Å². The van der Waals surface area contributed by atoms with Crippen LogP contribution in [-0.2, 0) is 9.84 Å². The van der Waals surface area contributed by atoms with Gasteiger partial charge in [0.2, 0.25) is 5.75 Å². The van der Waals surface area contributed by atoms with Crippen molar-refractivity contribution >= 4 is 9.84 Å². The van der Waals surface area contributed by atoms with Gasteiger partial charge in [0.15, 0.2) is 11.5 Å². The lowest BCUT2D eigenvalue weighted by atomic mass is 10.1. The second kappa shape index (κ2) is 3.64. The third-order valence-corrected chi connectivity index (χ3v) is 3.34. The van der Waals surface area contributed by atoms with Gasteiger partial charge in [0.05, 0.1) is 12.9 Å². The predicted octanol–water partition coefficient (Wildman–Crippen LogP) is 0.845. The highest BCUT2D eigenvalue weighted by Crippen LogP contribution is 2.51. The van der Waals surface area contributed by atoms with E-state index in [1.165, 1.54) is 6.26 Å². The van der Waals surface area contributed by atoms with Crippen LogP contribution in [0.25, 0.3) is 0 Å². The highest BCUT2D eigenvalue weighted by molar-refractivity contribution is 7.90. The van der Waals surface area contributed by atoms with E-state index >= 15 is 0 Å². The van der Waals surface area contributed by atoms with Gasteiger partial charge in [-0.1, -0.05) is 0 Å². The topological polar surface area (TPSA) is 78.6 Å². The van der Waals surface area contributed by atoms with E-state index in [1.807, 2.05) is 0 Å². The molecule has 2 aliphatic rings. The fourth-order valence-corrected chi connectivity index (χ4v) is 2.50. The van der Waals surface area contributed by atoms with Gasteiger partial charge in [-0.15, -0.1) is 0 Å². The molecule has 0 aromatic heterocycles. The minimum absolute atomic E-state index is 0.0712. The summed E-state index contributed by atoms with van der Waals surface area (Å²) in [5.41, 5.74) is 6.55. The highest BCUT2D eigenvalue weighted by atomic mass is 32.2. The van der Waals surface area contributed by atoms with Crippen LogP contribution < -0.4 is 15.2 Å². The van der Waals surface area contributed by atoms with Gasteiger partial charge in [-0.3, -0.25) is 0 Å². The van der Waals surface area contributed by atoms with Gasteiger partial charge in [0.1, 0.15) is 9.84 Å². The molecule has 2 aliphatic heterocycles. The molecule has 0 spiro atoms. The maximum atomic E-state index is 11.1. The van der Waals surface area contributed by atoms with Crippen molar-refractivity contribution < 1.29 is 17.9 Å². The Kier molecular flexibility index (Phi) is 2.55. The Bertz CT molecular complexity index is 501. The van der Waals surface area contributed by atoms with E-state index in [0.29, 0.717) is 17.2 Å². The van der Waals surface area contributed by atoms with Crippen molar-refractivity contribution in [3.05, 3.63) is 17.7 Å². The first-order valence-electron chi connectivity index (χ1n) is 4.74. The van der Waals surface area contributed by atoms with E-state index in [0.717, 1.165) is 5.56 Å². The van der Waals surface area contributed by atoms with Crippen LogP contribution >= 0.6 is 0 Å². The van der Waals surface area contributed by atoms with Gasteiger partial charge in [0, 0.05) is 12.3 Å². The van der Waals surface area contributed by atoms with Gasteiger partial charge in [-0.25, -0.2) is 8.42 Å². The van der Waals surface area contributed by atoms with Crippen LogP contribution in [0.5, 0.6) is 17.2 Å². The minimum atomic E-state index is -3.08. The van der Waals surface area contributed by atoms with Gasteiger partial charge in [0.25, 0.3) is 0 Å². The number of hydrogen-bond donors (Lipinski definition) is 1. The average molecular weight is 243 g/mol. The number of fused-ring (bicyclic) bond motifs is 2. The summed E-state index contributed by atoms with van der Waals surface area (Å²) in [7, 11) is -1.52. The molecular formula is C10H13NO4S. The molecule has 0 unspecified atom stereocenters. The summed E-state index contributed by atoms with van der Waals surface area (Å²) >= 11 is 0. The third-order valence-electron chi connectivity index (χ3n) is 2.38. The lowest BCUT2D eigenvalue weighted by Crippen LogP contribution is -2.21. The number of nitrogens with two attached hydrogens (primary N) is 1. The Morgan fingerprint density at radius 2 is 2.00 bits per heavy atom. The van der Waals surface area contributed by atoms with E-state index in [1.54, 1.807) is 19.2 Å². The van der Waals surface area contributed by atoms with Gasteiger partial charge in [-0.2, -0.15) is 0 Å². The number of benzene rings is 1. The second-order valence-corrected chi connectivity index (χ2v) is 6.04. The minimum Gasteiger partial charge on any atom is -0.490 e. The zero-order chi connectivity index (χ0) is 11.9. The third kappa shape index (κ3) is 1.98. The molecule has 0 saturated carbocycles. The molecule has 0 amide bonds. The Balaban J connectivity index is 2.21. The largest absolute Gasteiger partial charge is 0.490 e. The molecule has 0 fully saturated rings. The van der Waals surface area contributed by atoms with Crippen molar-refractivity contribution in [3.63, 3.8) is 0 Å². The first-order valence-corrected chi connectivity index (χ1v) is 6.80. The molecular weight excluding hydrogens is 230 g/mol. The first kappa shape index (κ1) is 11.2. The number of hydrogen-bond acceptors (Lipinski definition) is 5. The molecule has 16 heavy (non-hydrogen) atoms. The standard InChI is InChI=1S/C10H13NO4S/c1-14-10-8-3-6(4-9(10)15-8)7(11)5-16(2,12)13/h3-4,7H,5,11H2,1-2H3/t7-/m1/s1. The lowest BCUT2D eigenvalue weighted by Gasteiger charge is -2.25. The summed E-state index contributed by atoms with van der Waals surface area (Å²) in [5, 5.41) is 0. The van der Waals surface area contributed by atoms with E-state index in [9.17, 15) is 8.42 Å². The molecule has 2 N–H and O–H groups in total. The first-order chi connectivity index (χ1) is 7.40. The number of sulfone groups is 1. The van der Waals surface area contributed by atoms with Crippen LogP contribution in [0, 0.1) is 0 Å². The highest BCUT2D eigenvalue weighted by Gasteiger charge is 2.26. The molecule has 2 heterocycles. The van der Waals surface area contributed by atoms with Crippen LogP contribution in [0.3, 0.4) is 0 Å². The molecule has 6 heteroatoms. The number of methoxy groups -OCH3 is 1. The SMILES string of the molecule is COc1c2cc([C@H](N)CS(C)(=O)=O)cc1O2. The predicted molar refractivity (Wildman–Crippen MR) is 59.7 cm³/mol. The van der Waals surface area contributed by atoms with Crippen molar-refractivity contribution in [2.24, 2.45) is 5.73 Å². The summed E-state index contributed by atoms with van der Waals surface area (Å²) in [6, 6.07) is 2.89. The Morgan fingerprint density at radius 3 is 2.44 bits per heavy atom. The quantitative estimate of drug-likeness (QED) is 0.861. The lowest BCUT2D eigenvalue weighted by molar-refractivity contribution is 0.313. The van der Waals surface area contributed by atoms with Crippen LogP contribution in [0.1, 0.15) is 11.6 Å². The number of ether oxygens (including phenoxy) is 2. The summed E-state index contributed by atoms with van der Waals surface area (Å²) < 4.78 is 32.5. The number of rotatable bonds is 4. The van der Waals surface area contributed by atoms with E-state index in [-0.39, 0.29) is 5.75 Å². The van der Waals surface area contributed by atoms with Crippen LogP contribution in [0.2, 0.25) is 0 Å². The van der Waals surface area contributed by atoms with E-state index in [2.05, 4.69) is 0 Å². The molecule has 0 aliphatic carbocycles. The van der Waals surface area contributed by atoms with E-state index < -0.39 is 15.9 Å². The van der Waals surface area contributed by atoms with Crippen LogP contribution in [-0.4, -0.2) is 27.5 Å². The van der Waals surface area contributed by atoms with Gasteiger partial charge in [-0.05, 0) is 17.7 Å². The van der Waals surface area contributed by atoms with Crippen molar-refractivity contribution in [3.8, 4) is 17.2 Å². The van der Waals surface area contributed by atoms with Crippen molar-refractivity contribution in [2.45, 2.75) is 6.04 Å². The van der Waals surface area contributed by atoms with Gasteiger partial charge < -0.3 is 15.2 Å². The summed E-state index contributed by atoms with van der Waals surface area (Å²) in [6.07, 6.45) is 1.17. The maximum Gasteiger partial charge on any atom is 0.204 e. The Hall–Kier alpha value is -1.27. The van der Waals surface area contributed by atoms with E-state index in [4.69, 9.17) is 15.2 Å². The summed E-state index contributed by atoms with van der Waals surface area (Å²) in [5.74, 6) is 1.84. The molecule has 5 nitrogen and oxygen atoms in total. The smallest absolute Gasteiger partial charge is 0.204 e. The maximum absolute atomic E-state index is 11.1. The Morgan fingerprint density at radius 1 is 1.44 bits per heavy atom. The molecule has 2 bridgehead atoms. The molecule has 88 valence electrons. The monoisotopic (exact) mass is 243 g/mol. The van der Waals surface area contributed by atoms with Crippen LogP contribution in [0.15, 0.2) is 12.1 Å². The molecule has 0 saturated heterocycles. The molecule has 1 aromatic carbocycles. The fraction of sp³-hybridized carbons (Fsp3) is 0.400. The zero-order valence-electron chi connectivity index (χ0n) is 9.06. The molecule has 3 rings (SSSR count). The van der Waals surface area contributed by atoms with Gasteiger partial charge >= 0.3 is 0 Å². The average Bonchev–Trinajstić information content (AvgIpc) is 2.16.